The standard InChI is InChI=1S/C11H15N3S2/c1-6(2)12-11-13-9-8(7-3-4-7)5-15-10(9)16-14-11/h5-7H,3-4H2,1-2H3,(H2,12,13,14). The molecule has 0 spiro atoms. The van der Waals surface area contributed by atoms with Crippen molar-refractivity contribution in [2.45, 2.75) is 42.9 Å². The summed E-state index contributed by atoms with van der Waals surface area (Å²) in [5.74, 6) is 1.69. The van der Waals surface area contributed by atoms with E-state index in [1.165, 1.54) is 28.3 Å². The van der Waals surface area contributed by atoms with Crippen molar-refractivity contribution in [2.75, 3.05) is 5.32 Å². The Morgan fingerprint density at radius 1 is 1.50 bits per heavy atom. The van der Waals surface area contributed by atoms with Gasteiger partial charge in [-0.2, -0.15) is 4.40 Å². The third kappa shape index (κ3) is 1.94. The lowest BCUT2D eigenvalue weighted by molar-refractivity contribution is 0.732. The highest BCUT2D eigenvalue weighted by atomic mass is 32.2. The molecule has 5 heteroatoms. The van der Waals surface area contributed by atoms with Gasteiger partial charge in [0, 0.05) is 18.0 Å². The summed E-state index contributed by atoms with van der Waals surface area (Å²) in [4.78, 5) is 0. The molecule has 0 aromatic carbocycles. The molecule has 1 aromatic rings. The Kier molecular flexibility index (Phi) is 2.59. The predicted molar refractivity (Wildman–Crippen MR) is 71.5 cm³/mol. The zero-order valence-corrected chi connectivity index (χ0v) is 11.0. The lowest BCUT2D eigenvalue weighted by Crippen LogP contribution is -2.36. The summed E-state index contributed by atoms with van der Waals surface area (Å²) >= 11 is 3.39. The van der Waals surface area contributed by atoms with Crippen LogP contribution in [-0.4, -0.2) is 12.0 Å². The van der Waals surface area contributed by atoms with Crippen LogP contribution in [0.1, 0.15) is 38.2 Å². The number of hydrogen-bond acceptors (Lipinski definition) is 5. The summed E-state index contributed by atoms with van der Waals surface area (Å²) in [6.07, 6.45) is 2.69. The first-order chi connectivity index (χ1) is 7.74. The Labute approximate surface area is 104 Å². The Bertz CT molecular complexity index is 432. The van der Waals surface area contributed by atoms with Crippen molar-refractivity contribution in [3.8, 4) is 0 Å². The van der Waals surface area contributed by atoms with Gasteiger partial charge in [-0.1, -0.05) is 0 Å². The fourth-order valence-electron chi connectivity index (χ4n) is 1.80. The van der Waals surface area contributed by atoms with Crippen LogP contribution in [0.4, 0.5) is 5.69 Å². The molecule has 3 nitrogen and oxygen atoms in total. The molecular weight excluding hydrogens is 238 g/mol. The second-order valence-electron chi connectivity index (χ2n) is 4.58. The number of nitrogens with one attached hydrogen (secondary N) is 2. The Balaban J connectivity index is 1.81. The summed E-state index contributed by atoms with van der Waals surface area (Å²) in [6, 6.07) is 0.413. The van der Waals surface area contributed by atoms with Gasteiger partial charge in [0.15, 0.2) is 0 Å². The Morgan fingerprint density at radius 2 is 2.31 bits per heavy atom. The summed E-state index contributed by atoms with van der Waals surface area (Å²) in [5.41, 5.74) is 2.79. The van der Waals surface area contributed by atoms with E-state index >= 15 is 0 Å². The number of nitrogens with zero attached hydrogens (tertiary/aromatic N) is 1. The smallest absolute Gasteiger partial charge is 0.208 e. The van der Waals surface area contributed by atoms with Gasteiger partial charge < -0.3 is 10.6 Å². The molecule has 0 saturated heterocycles. The Hall–Kier alpha value is -0.680. The molecule has 1 aromatic heterocycles. The van der Waals surface area contributed by atoms with E-state index in [9.17, 15) is 0 Å². The van der Waals surface area contributed by atoms with Gasteiger partial charge in [0.1, 0.15) is 4.21 Å². The molecule has 2 aliphatic rings. The largest absolute Gasteiger partial charge is 0.353 e. The highest BCUT2D eigenvalue weighted by Gasteiger charge is 2.30. The van der Waals surface area contributed by atoms with Crippen LogP contribution in [0, 0.1) is 0 Å². The number of rotatable bonds is 2. The molecule has 1 aliphatic carbocycles. The minimum absolute atomic E-state index is 0.413. The van der Waals surface area contributed by atoms with Crippen molar-refractivity contribution in [3.05, 3.63) is 10.9 Å². The van der Waals surface area contributed by atoms with Gasteiger partial charge in [0.25, 0.3) is 0 Å². The van der Waals surface area contributed by atoms with Crippen molar-refractivity contribution in [1.29, 1.82) is 0 Å². The number of anilines is 1. The fourth-order valence-corrected chi connectivity index (χ4v) is 3.59. The van der Waals surface area contributed by atoms with Crippen molar-refractivity contribution in [1.82, 2.24) is 5.32 Å². The molecule has 1 aliphatic heterocycles. The molecule has 0 amide bonds. The average Bonchev–Trinajstić information content (AvgIpc) is 2.98. The van der Waals surface area contributed by atoms with Gasteiger partial charge in [-0.15, -0.1) is 11.3 Å². The Morgan fingerprint density at radius 3 is 3.00 bits per heavy atom. The first-order valence-corrected chi connectivity index (χ1v) is 7.29. The maximum absolute atomic E-state index is 4.43. The first kappa shape index (κ1) is 10.5. The second kappa shape index (κ2) is 3.96. The van der Waals surface area contributed by atoms with Gasteiger partial charge in [0.05, 0.1) is 5.69 Å². The maximum atomic E-state index is 4.43. The lowest BCUT2D eigenvalue weighted by Gasteiger charge is -2.19. The average molecular weight is 253 g/mol. The molecule has 0 unspecified atom stereocenters. The lowest BCUT2D eigenvalue weighted by atomic mass is 10.2. The van der Waals surface area contributed by atoms with Crippen LogP contribution in [0.15, 0.2) is 14.0 Å². The predicted octanol–water partition coefficient (Wildman–Crippen LogP) is 3.41. The van der Waals surface area contributed by atoms with Crippen LogP contribution in [0.25, 0.3) is 0 Å². The van der Waals surface area contributed by atoms with Gasteiger partial charge in [-0.3, -0.25) is 0 Å². The molecular formula is C11H15N3S2. The molecule has 1 saturated carbocycles. The fraction of sp³-hybridized carbons (Fsp3) is 0.545. The molecule has 0 atom stereocenters. The van der Waals surface area contributed by atoms with Gasteiger partial charge in [0.2, 0.25) is 5.96 Å². The second-order valence-corrected chi connectivity index (χ2v) is 6.49. The summed E-state index contributed by atoms with van der Waals surface area (Å²) in [6.45, 7) is 4.25. The number of hydrogen-bond donors (Lipinski definition) is 2. The van der Waals surface area contributed by atoms with Crippen LogP contribution in [0.3, 0.4) is 0 Å². The first-order valence-electron chi connectivity index (χ1n) is 5.64. The molecule has 1 fully saturated rings. The van der Waals surface area contributed by atoms with Crippen molar-refractivity contribution in [2.24, 2.45) is 4.40 Å². The van der Waals surface area contributed by atoms with Crippen LogP contribution < -0.4 is 10.6 Å². The molecule has 0 bridgehead atoms. The maximum Gasteiger partial charge on any atom is 0.208 e. The minimum Gasteiger partial charge on any atom is -0.353 e. The van der Waals surface area contributed by atoms with Crippen LogP contribution >= 0.6 is 23.3 Å². The van der Waals surface area contributed by atoms with E-state index in [0.717, 1.165) is 11.9 Å². The molecule has 2 N–H and O–H groups in total. The van der Waals surface area contributed by atoms with Gasteiger partial charge >= 0.3 is 0 Å². The highest BCUT2D eigenvalue weighted by molar-refractivity contribution is 8.00. The summed E-state index contributed by atoms with van der Waals surface area (Å²) < 4.78 is 5.73. The van der Waals surface area contributed by atoms with E-state index in [1.807, 2.05) is 0 Å². The SMILES string of the molecule is CC(C)NC1=NSc2scc(C3CC3)c2N1. The minimum atomic E-state index is 0.413. The number of thiophene rings is 1. The van der Waals surface area contributed by atoms with Gasteiger partial charge in [-0.25, -0.2) is 0 Å². The molecule has 86 valence electrons. The highest BCUT2D eigenvalue weighted by Crippen LogP contribution is 2.50. The normalized spacial score (nSPS) is 19.1. The van der Waals surface area contributed by atoms with E-state index in [2.05, 4.69) is 34.3 Å². The molecule has 2 heterocycles. The van der Waals surface area contributed by atoms with Crippen molar-refractivity contribution in [3.63, 3.8) is 0 Å². The van der Waals surface area contributed by atoms with Gasteiger partial charge in [-0.05, 0) is 43.6 Å². The zero-order valence-electron chi connectivity index (χ0n) is 9.41. The summed E-state index contributed by atoms with van der Waals surface area (Å²) in [7, 11) is 0. The quantitative estimate of drug-likeness (QED) is 0.793. The number of fused-ring (bicyclic) bond motifs is 1. The topological polar surface area (TPSA) is 36.4 Å². The van der Waals surface area contributed by atoms with E-state index in [0.29, 0.717) is 6.04 Å². The zero-order chi connectivity index (χ0) is 11.1. The molecule has 0 radical (unpaired) electrons. The molecule has 3 rings (SSSR count). The van der Waals surface area contributed by atoms with Crippen LogP contribution in [-0.2, 0) is 0 Å². The summed E-state index contributed by atoms with van der Waals surface area (Å²) in [5, 5.41) is 9.04. The van der Waals surface area contributed by atoms with Crippen LogP contribution in [0.5, 0.6) is 0 Å². The third-order valence-electron chi connectivity index (χ3n) is 2.69. The van der Waals surface area contributed by atoms with E-state index in [1.54, 1.807) is 23.3 Å². The van der Waals surface area contributed by atoms with Crippen LogP contribution in [0.2, 0.25) is 0 Å². The van der Waals surface area contributed by atoms with Crippen molar-refractivity contribution >= 4 is 34.9 Å². The van der Waals surface area contributed by atoms with Crippen molar-refractivity contribution < 1.29 is 0 Å². The number of guanidine groups is 1. The third-order valence-corrected chi connectivity index (χ3v) is 4.64. The van der Waals surface area contributed by atoms with E-state index in [-0.39, 0.29) is 0 Å². The molecule has 16 heavy (non-hydrogen) atoms. The van der Waals surface area contributed by atoms with E-state index < -0.39 is 0 Å². The van der Waals surface area contributed by atoms with E-state index in [4.69, 9.17) is 0 Å². The monoisotopic (exact) mass is 253 g/mol.